The Kier molecular flexibility index (Phi) is 5.20. The first-order valence-electron chi connectivity index (χ1n) is 7.99. The zero-order chi connectivity index (χ0) is 17.6. The van der Waals surface area contributed by atoms with Crippen LogP contribution in [0.4, 0.5) is 5.69 Å². The molecule has 1 N–H and O–H groups in total. The van der Waals surface area contributed by atoms with E-state index in [9.17, 15) is 15.2 Å². The van der Waals surface area contributed by atoms with Gasteiger partial charge in [-0.25, -0.2) is 0 Å². The van der Waals surface area contributed by atoms with Crippen LogP contribution < -0.4 is 0 Å². The first-order valence-corrected chi connectivity index (χ1v) is 7.99. The molecule has 0 amide bonds. The number of hydrogen-bond acceptors (Lipinski definition) is 5. The van der Waals surface area contributed by atoms with Crippen molar-refractivity contribution in [2.45, 2.75) is 18.3 Å². The third-order valence-corrected chi connectivity index (χ3v) is 4.28. The van der Waals surface area contributed by atoms with Crippen LogP contribution in [0.3, 0.4) is 0 Å². The Bertz CT molecular complexity index is 801. The van der Waals surface area contributed by atoms with Gasteiger partial charge >= 0.3 is 0 Å². The summed E-state index contributed by atoms with van der Waals surface area (Å²) in [7, 11) is 0. The van der Waals surface area contributed by atoms with Crippen molar-refractivity contribution in [2.24, 2.45) is 0 Å². The number of rotatable bonds is 7. The van der Waals surface area contributed by atoms with Crippen molar-refractivity contribution < 1.29 is 14.4 Å². The average molecular weight is 338 g/mol. The third-order valence-electron chi connectivity index (χ3n) is 4.28. The average Bonchev–Trinajstić information content (AvgIpc) is 3.17. The van der Waals surface area contributed by atoms with Crippen molar-refractivity contribution >= 4 is 5.69 Å². The van der Waals surface area contributed by atoms with E-state index in [2.05, 4.69) is 4.98 Å². The monoisotopic (exact) mass is 338 g/mol. The van der Waals surface area contributed by atoms with Gasteiger partial charge in [-0.15, -0.1) is 0 Å². The molecule has 2 heterocycles. The molecule has 2 atom stereocenters. The summed E-state index contributed by atoms with van der Waals surface area (Å²) >= 11 is 0. The number of aliphatic hydroxyl groups excluding tert-OH is 1. The molecule has 1 aromatic carbocycles. The number of aromatic nitrogens is 1. The minimum absolute atomic E-state index is 0.0138. The van der Waals surface area contributed by atoms with Crippen LogP contribution in [0, 0.1) is 10.1 Å². The van der Waals surface area contributed by atoms with Gasteiger partial charge in [0.15, 0.2) is 0 Å². The number of hydrogen-bond donors (Lipinski definition) is 1. The van der Waals surface area contributed by atoms with Crippen molar-refractivity contribution in [1.82, 2.24) is 4.98 Å². The van der Waals surface area contributed by atoms with Gasteiger partial charge in [0, 0.05) is 43.0 Å². The lowest BCUT2D eigenvalue weighted by Gasteiger charge is -2.26. The summed E-state index contributed by atoms with van der Waals surface area (Å²) in [5, 5.41) is 20.5. The highest BCUT2D eigenvalue weighted by atomic mass is 16.6. The fraction of sp³-hybridized carbons (Fsp3) is 0.211. The Morgan fingerprint density at radius 1 is 1.08 bits per heavy atom. The van der Waals surface area contributed by atoms with Gasteiger partial charge in [-0.05, 0) is 41.8 Å². The van der Waals surface area contributed by atoms with E-state index < -0.39 is 4.92 Å². The molecule has 6 heteroatoms. The fourth-order valence-corrected chi connectivity index (χ4v) is 3.15. The molecule has 0 aliphatic carbocycles. The van der Waals surface area contributed by atoms with Gasteiger partial charge in [-0.3, -0.25) is 15.1 Å². The number of furan rings is 1. The normalized spacial score (nSPS) is 13.3. The number of nitro benzene ring substituents is 1. The zero-order valence-electron chi connectivity index (χ0n) is 13.5. The molecule has 0 bridgehead atoms. The number of pyridine rings is 1. The SMILES string of the molecule is O=[N+]([O-])c1ccc([C@H](c2ccncc2)[C@@H](CCO)c2ccco2)cc1. The van der Waals surface area contributed by atoms with E-state index in [4.69, 9.17) is 4.42 Å². The molecule has 6 nitrogen and oxygen atoms in total. The van der Waals surface area contributed by atoms with Gasteiger partial charge in [0.1, 0.15) is 5.76 Å². The van der Waals surface area contributed by atoms with Crippen LogP contribution in [0.1, 0.15) is 35.1 Å². The molecule has 25 heavy (non-hydrogen) atoms. The lowest BCUT2D eigenvalue weighted by atomic mass is 9.78. The molecular weight excluding hydrogens is 320 g/mol. The highest BCUT2D eigenvalue weighted by Crippen LogP contribution is 2.40. The first kappa shape index (κ1) is 16.9. The van der Waals surface area contributed by atoms with Crippen LogP contribution in [0.5, 0.6) is 0 Å². The molecule has 128 valence electrons. The minimum Gasteiger partial charge on any atom is -0.469 e. The summed E-state index contributed by atoms with van der Waals surface area (Å²) < 4.78 is 5.60. The molecule has 3 aromatic rings. The number of nitrogens with zero attached hydrogens (tertiary/aromatic N) is 2. The Labute approximate surface area is 144 Å². The number of benzene rings is 1. The Morgan fingerprint density at radius 3 is 2.32 bits per heavy atom. The van der Waals surface area contributed by atoms with E-state index in [0.717, 1.165) is 16.9 Å². The largest absolute Gasteiger partial charge is 0.469 e. The van der Waals surface area contributed by atoms with E-state index in [0.29, 0.717) is 6.42 Å². The maximum absolute atomic E-state index is 10.9. The zero-order valence-corrected chi connectivity index (χ0v) is 13.5. The van der Waals surface area contributed by atoms with Crippen molar-refractivity contribution in [1.29, 1.82) is 0 Å². The second kappa shape index (κ2) is 7.72. The van der Waals surface area contributed by atoms with Crippen LogP contribution >= 0.6 is 0 Å². The van der Waals surface area contributed by atoms with Crippen LogP contribution in [-0.2, 0) is 0 Å². The molecule has 0 aliphatic heterocycles. The van der Waals surface area contributed by atoms with Crippen LogP contribution in [0.2, 0.25) is 0 Å². The van der Waals surface area contributed by atoms with Gasteiger partial charge < -0.3 is 9.52 Å². The third kappa shape index (κ3) is 3.75. The highest BCUT2D eigenvalue weighted by molar-refractivity contribution is 5.40. The summed E-state index contributed by atoms with van der Waals surface area (Å²) in [6, 6.07) is 14.1. The summed E-state index contributed by atoms with van der Waals surface area (Å²) in [6.45, 7) is 0.0138. The molecular formula is C19H18N2O4. The molecule has 3 rings (SSSR count). The van der Waals surface area contributed by atoms with Gasteiger partial charge in [-0.1, -0.05) is 12.1 Å². The van der Waals surface area contributed by atoms with Gasteiger partial charge in [0.2, 0.25) is 0 Å². The summed E-state index contributed by atoms with van der Waals surface area (Å²) in [4.78, 5) is 14.6. The maximum atomic E-state index is 10.9. The van der Waals surface area contributed by atoms with E-state index in [1.807, 2.05) is 24.3 Å². The molecule has 0 aliphatic rings. The fourth-order valence-electron chi connectivity index (χ4n) is 3.15. The van der Waals surface area contributed by atoms with Crippen molar-refractivity contribution in [2.75, 3.05) is 6.61 Å². The van der Waals surface area contributed by atoms with Gasteiger partial charge in [-0.2, -0.15) is 0 Å². The molecule has 0 saturated heterocycles. The topological polar surface area (TPSA) is 89.4 Å². The lowest BCUT2D eigenvalue weighted by molar-refractivity contribution is -0.384. The number of aliphatic hydroxyl groups is 1. The maximum Gasteiger partial charge on any atom is 0.269 e. The number of nitro groups is 1. The summed E-state index contributed by atoms with van der Waals surface area (Å²) in [5.41, 5.74) is 1.99. The highest BCUT2D eigenvalue weighted by Gasteiger charge is 2.28. The van der Waals surface area contributed by atoms with E-state index >= 15 is 0 Å². The van der Waals surface area contributed by atoms with E-state index in [1.165, 1.54) is 12.1 Å². The lowest BCUT2D eigenvalue weighted by Crippen LogP contribution is -2.14. The smallest absolute Gasteiger partial charge is 0.269 e. The Morgan fingerprint density at radius 2 is 1.76 bits per heavy atom. The number of non-ortho nitro benzene ring substituents is 1. The molecule has 0 spiro atoms. The second-order valence-corrected chi connectivity index (χ2v) is 5.74. The molecule has 0 fully saturated rings. The molecule has 0 saturated carbocycles. The Balaban J connectivity index is 2.07. The minimum atomic E-state index is -0.414. The van der Waals surface area contributed by atoms with E-state index in [1.54, 1.807) is 30.8 Å². The van der Waals surface area contributed by atoms with Gasteiger partial charge in [0.25, 0.3) is 5.69 Å². The molecule has 0 radical (unpaired) electrons. The van der Waals surface area contributed by atoms with Crippen LogP contribution in [-0.4, -0.2) is 21.6 Å². The predicted molar refractivity (Wildman–Crippen MR) is 92.3 cm³/mol. The van der Waals surface area contributed by atoms with Crippen molar-refractivity contribution in [3.63, 3.8) is 0 Å². The van der Waals surface area contributed by atoms with Crippen molar-refractivity contribution in [3.05, 3.63) is 94.2 Å². The molecule has 0 unspecified atom stereocenters. The summed E-state index contributed by atoms with van der Waals surface area (Å²) in [6.07, 6.45) is 5.55. The van der Waals surface area contributed by atoms with E-state index in [-0.39, 0.29) is 24.1 Å². The van der Waals surface area contributed by atoms with Crippen molar-refractivity contribution in [3.8, 4) is 0 Å². The van der Waals surface area contributed by atoms with Crippen LogP contribution in [0.25, 0.3) is 0 Å². The summed E-state index contributed by atoms with van der Waals surface area (Å²) in [5.74, 6) is 0.570. The van der Waals surface area contributed by atoms with Crippen LogP contribution in [0.15, 0.2) is 71.6 Å². The quantitative estimate of drug-likeness (QED) is 0.521. The standard InChI is InChI=1S/C19H18N2O4/c22-12-9-17(18-2-1-13-25-18)19(15-7-10-20-11-8-15)14-3-5-16(6-4-14)21(23)24/h1-8,10-11,13,17,19,22H,9,12H2/t17-,19+/m0/s1. The molecule has 2 aromatic heterocycles. The Hall–Kier alpha value is -2.99. The predicted octanol–water partition coefficient (Wildman–Crippen LogP) is 3.88. The van der Waals surface area contributed by atoms with Gasteiger partial charge in [0.05, 0.1) is 11.2 Å². The first-order chi connectivity index (χ1) is 12.2. The second-order valence-electron chi connectivity index (χ2n) is 5.74.